The number of para-hydroxylation sites is 2. The number of nitrogens with one attached hydrogen (secondary N) is 1. The molecule has 2 amide bonds. The summed E-state index contributed by atoms with van der Waals surface area (Å²) >= 11 is 0. The maximum absolute atomic E-state index is 12.1. The third-order valence-corrected chi connectivity index (χ3v) is 3.98. The summed E-state index contributed by atoms with van der Waals surface area (Å²) in [6.45, 7) is 3.60. The predicted molar refractivity (Wildman–Crippen MR) is 87.6 cm³/mol. The molecule has 1 aromatic rings. The molecule has 0 aliphatic carbocycles. The van der Waals surface area contributed by atoms with Gasteiger partial charge in [0.05, 0.1) is 12.8 Å². The van der Waals surface area contributed by atoms with Crippen molar-refractivity contribution in [2.45, 2.75) is 19.8 Å². The van der Waals surface area contributed by atoms with Crippen molar-refractivity contribution in [2.75, 3.05) is 38.3 Å². The molecule has 23 heavy (non-hydrogen) atoms. The Morgan fingerprint density at radius 3 is 2.65 bits per heavy atom. The first kappa shape index (κ1) is 17.3. The number of rotatable bonds is 6. The monoisotopic (exact) mass is 320 g/mol. The summed E-state index contributed by atoms with van der Waals surface area (Å²) in [5.74, 6) is 0.603. The summed E-state index contributed by atoms with van der Waals surface area (Å²) in [5, 5.41) is 2.92. The fraction of sp³-hybridized carbons (Fsp3) is 0.529. The second-order valence-electron chi connectivity index (χ2n) is 5.52. The number of carbonyl (C=O) groups is 2. The van der Waals surface area contributed by atoms with Gasteiger partial charge in [-0.2, -0.15) is 0 Å². The van der Waals surface area contributed by atoms with Crippen molar-refractivity contribution in [3.05, 3.63) is 24.3 Å². The van der Waals surface area contributed by atoms with Gasteiger partial charge in [0.25, 0.3) is 0 Å². The van der Waals surface area contributed by atoms with E-state index >= 15 is 0 Å². The van der Waals surface area contributed by atoms with Gasteiger partial charge in [-0.15, -0.1) is 0 Å². The van der Waals surface area contributed by atoms with Crippen molar-refractivity contribution >= 4 is 17.5 Å². The third-order valence-electron chi connectivity index (χ3n) is 3.98. The number of benzene rings is 1. The first-order valence-electron chi connectivity index (χ1n) is 7.90. The van der Waals surface area contributed by atoms with Crippen LogP contribution in [-0.4, -0.2) is 45.2 Å². The van der Waals surface area contributed by atoms with E-state index in [1.807, 2.05) is 24.3 Å². The van der Waals surface area contributed by atoms with Crippen LogP contribution in [-0.2, 0) is 14.3 Å². The summed E-state index contributed by atoms with van der Waals surface area (Å²) in [7, 11) is 1.57. The summed E-state index contributed by atoms with van der Waals surface area (Å²) in [6, 6.07) is 7.36. The molecule has 1 aliphatic rings. The number of carbonyl (C=O) groups excluding carboxylic acids is 2. The largest absolute Gasteiger partial charge is 0.495 e. The lowest BCUT2D eigenvalue weighted by molar-refractivity contribution is -0.127. The van der Waals surface area contributed by atoms with Crippen molar-refractivity contribution in [1.82, 2.24) is 5.32 Å². The highest BCUT2D eigenvalue weighted by molar-refractivity contribution is 5.93. The van der Waals surface area contributed by atoms with Crippen molar-refractivity contribution in [3.8, 4) is 5.75 Å². The maximum Gasteiger partial charge on any atom is 0.224 e. The molecule has 1 fully saturated rings. The van der Waals surface area contributed by atoms with E-state index in [2.05, 4.69) is 5.32 Å². The smallest absolute Gasteiger partial charge is 0.224 e. The highest BCUT2D eigenvalue weighted by Gasteiger charge is 2.22. The van der Waals surface area contributed by atoms with Gasteiger partial charge in [-0.1, -0.05) is 12.1 Å². The molecule has 0 aromatic heterocycles. The Morgan fingerprint density at radius 2 is 2.00 bits per heavy atom. The van der Waals surface area contributed by atoms with E-state index in [1.165, 1.54) is 6.92 Å². The molecule has 6 heteroatoms. The summed E-state index contributed by atoms with van der Waals surface area (Å²) in [4.78, 5) is 25.7. The Kier molecular flexibility index (Phi) is 6.40. The second kappa shape index (κ2) is 8.53. The van der Waals surface area contributed by atoms with Crippen LogP contribution < -0.4 is 15.0 Å². The van der Waals surface area contributed by atoms with Gasteiger partial charge in [-0.05, 0) is 25.0 Å². The lowest BCUT2D eigenvalue weighted by Crippen LogP contribution is -2.40. The van der Waals surface area contributed by atoms with Gasteiger partial charge >= 0.3 is 0 Å². The van der Waals surface area contributed by atoms with Crippen LogP contribution in [0.25, 0.3) is 0 Å². The number of ether oxygens (including phenoxy) is 2. The van der Waals surface area contributed by atoms with E-state index in [-0.39, 0.29) is 17.7 Å². The summed E-state index contributed by atoms with van der Waals surface area (Å²) in [6.07, 6.45) is 1.52. The minimum atomic E-state index is -0.0881. The quantitative estimate of drug-likeness (QED) is 0.864. The Labute approximate surface area is 136 Å². The van der Waals surface area contributed by atoms with Crippen LogP contribution in [0.1, 0.15) is 19.8 Å². The molecule has 1 aromatic carbocycles. The standard InChI is InChI=1S/C17H24N2O4/c1-13(20)19(15-5-3-4-6-16(15)22-2)10-9-18-17(21)14-7-11-23-12-8-14/h3-6,14H,7-12H2,1-2H3,(H,18,21). The van der Waals surface area contributed by atoms with Gasteiger partial charge in [0.1, 0.15) is 5.75 Å². The average molecular weight is 320 g/mol. The molecular weight excluding hydrogens is 296 g/mol. The van der Waals surface area contributed by atoms with Gasteiger partial charge in [0.15, 0.2) is 0 Å². The molecule has 1 N–H and O–H groups in total. The average Bonchev–Trinajstić information content (AvgIpc) is 2.59. The third kappa shape index (κ3) is 4.69. The Hall–Kier alpha value is -2.08. The molecule has 2 rings (SSSR count). The first-order valence-corrected chi connectivity index (χ1v) is 7.90. The SMILES string of the molecule is COc1ccccc1N(CCNC(=O)C1CCOCC1)C(C)=O. The molecule has 0 bridgehead atoms. The van der Waals surface area contributed by atoms with E-state index in [0.717, 1.165) is 12.8 Å². The van der Waals surface area contributed by atoms with Crippen molar-refractivity contribution < 1.29 is 19.1 Å². The van der Waals surface area contributed by atoms with Gasteiger partial charge in [-0.3, -0.25) is 9.59 Å². The zero-order valence-corrected chi connectivity index (χ0v) is 13.7. The lowest BCUT2D eigenvalue weighted by atomic mass is 9.99. The molecule has 0 unspecified atom stereocenters. The number of methoxy groups -OCH3 is 1. The summed E-state index contributed by atoms with van der Waals surface area (Å²) < 4.78 is 10.6. The van der Waals surface area contributed by atoms with Crippen molar-refractivity contribution in [3.63, 3.8) is 0 Å². The van der Waals surface area contributed by atoms with Crippen LogP contribution in [0, 0.1) is 5.92 Å². The van der Waals surface area contributed by atoms with Gasteiger partial charge in [-0.25, -0.2) is 0 Å². The molecule has 0 atom stereocenters. The molecule has 1 aliphatic heterocycles. The van der Waals surface area contributed by atoms with Crippen molar-refractivity contribution in [1.29, 1.82) is 0 Å². The van der Waals surface area contributed by atoms with Crippen LogP contribution in [0.4, 0.5) is 5.69 Å². The first-order chi connectivity index (χ1) is 11.1. The molecule has 0 spiro atoms. The van der Waals surface area contributed by atoms with Crippen LogP contribution in [0.2, 0.25) is 0 Å². The molecular formula is C17H24N2O4. The van der Waals surface area contributed by atoms with E-state index in [0.29, 0.717) is 37.7 Å². The highest BCUT2D eigenvalue weighted by Crippen LogP contribution is 2.27. The number of anilines is 1. The molecule has 0 radical (unpaired) electrons. The van der Waals surface area contributed by atoms with Gasteiger partial charge in [0, 0.05) is 39.1 Å². The normalized spacial score (nSPS) is 15.0. The van der Waals surface area contributed by atoms with E-state index in [9.17, 15) is 9.59 Å². The van der Waals surface area contributed by atoms with Crippen LogP contribution in [0.3, 0.4) is 0 Å². The van der Waals surface area contributed by atoms with Crippen LogP contribution in [0.15, 0.2) is 24.3 Å². The molecule has 0 saturated carbocycles. The Balaban J connectivity index is 1.92. The number of hydrogen-bond acceptors (Lipinski definition) is 4. The Bertz CT molecular complexity index is 541. The number of amides is 2. The second-order valence-corrected chi connectivity index (χ2v) is 5.52. The van der Waals surface area contributed by atoms with Crippen molar-refractivity contribution in [2.24, 2.45) is 5.92 Å². The number of nitrogens with zero attached hydrogens (tertiary/aromatic N) is 1. The number of hydrogen-bond donors (Lipinski definition) is 1. The zero-order valence-electron chi connectivity index (χ0n) is 13.7. The topological polar surface area (TPSA) is 67.9 Å². The van der Waals surface area contributed by atoms with Gasteiger partial charge in [0.2, 0.25) is 11.8 Å². The maximum atomic E-state index is 12.1. The van der Waals surface area contributed by atoms with E-state index in [4.69, 9.17) is 9.47 Å². The van der Waals surface area contributed by atoms with E-state index < -0.39 is 0 Å². The summed E-state index contributed by atoms with van der Waals surface area (Å²) in [5.41, 5.74) is 0.711. The molecule has 1 heterocycles. The molecule has 1 saturated heterocycles. The van der Waals surface area contributed by atoms with Crippen LogP contribution in [0.5, 0.6) is 5.75 Å². The predicted octanol–water partition coefficient (Wildman–Crippen LogP) is 1.59. The minimum Gasteiger partial charge on any atom is -0.495 e. The Morgan fingerprint density at radius 1 is 1.30 bits per heavy atom. The fourth-order valence-corrected chi connectivity index (χ4v) is 2.70. The van der Waals surface area contributed by atoms with Crippen LogP contribution >= 0.6 is 0 Å². The fourth-order valence-electron chi connectivity index (χ4n) is 2.70. The van der Waals surface area contributed by atoms with E-state index in [1.54, 1.807) is 12.0 Å². The highest BCUT2D eigenvalue weighted by atomic mass is 16.5. The molecule has 126 valence electrons. The molecule has 6 nitrogen and oxygen atoms in total. The van der Waals surface area contributed by atoms with Gasteiger partial charge < -0.3 is 19.7 Å². The zero-order chi connectivity index (χ0) is 16.7. The minimum absolute atomic E-state index is 0.0146. The lowest BCUT2D eigenvalue weighted by Gasteiger charge is -2.25.